The molecule has 15 heavy (non-hydrogen) atoms. The second kappa shape index (κ2) is 6.11. The average Bonchev–Trinajstić information content (AvgIpc) is 2.26. The van der Waals surface area contributed by atoms with E-state index < -0.39 is 0 Å². The highest BCUT2D eigenvalue weighted by molar-refractivity contribution is 5.78. The first-order valence-electron chi connectivity index (χ1n) is 5.89. The minimum atomic E-state index is 0.267. The summed E-state index contributed by atoms with van der Waals surface area (Å²) >= 11 is 0. The van der Waals surface area contributed by atoms with E-state index in [0.29, 0.717) is 19.1 Å². The summed E-state index contributed by atoms with van der Waals surface area (Å²) in [5.74, 6) is 1.38. The van der Waals surface area contributed by atoms with Gasteiger partial charge in [-0.25, -0.2) is 0 Å². The van der Waals surface area contributed by atoms with Crippen molar-refractivity contribution in [2.24, 2.45) is 11.8 Å². The maximum atomic E-state index is 12.0. The molecule has 0 heterocycles. The van der Waals surface area contributed by atoms with Gasteiger partial charge in [0.05, 0.1) is 6.61 Å². The molecule has 1 aliphatic rings. The third-order valence-electron chi connectivity index (χ3n) is 3.37. The molecule has 88 valence electrons. The van der Waals surface area contributed by atoms with Gasteiger partial charge >= 0.3 is 0 Å². The topological polar surface area (TPSA) is 29.5 Å². The molecule has 1 rings (SSSR count). The minimum absolute atomic E-state index is 0.267. The summed E-state index contributed by atoms with van der Waals surface area (Å²) in [6.07, 6.45) is 4.54. The predicted molar refractivity (Wildman–Crippen MR) is 60.6 cm³/mol. The predicted octanol–water partition coefficient (Wildman–Crippen LogP) is 1.92. The number of ether oxygens (including phenoxy) is 1. The molecule has 1 amide bonds. The van der Waals surface area contributed by atoms with Crippen LogP contribution in [0.1, 0.15) is 32.6 Å². The van der Waals surface area contributed by atoms with E-state index in [1.54, 1.807) is 7.11 Å². The second-order valence-electron chi connectivity index (χ2n) is 4.71. The molecule has 0 N–H and O–H groups in total. The lowest BCUT2D eigenvalue weighted by Gasteiger charge is -2.28. The molecule has 0 aromatic carbocycles. The van der Waals surface area contributed by atoms with Crippen LogP contribution < -0.4 is 0 Å². The Morgan fingerprint density at radius 2 is 1.93 bits per heavy atom. The van der Waals surface area contributed by atoms with Gasteiger partial charge in [-0.3, -0.25) is 4.79 Å². The van der Waals surface area contributed by atoms with Crippen LogP contribution in [-0.4, -0.2) is 38.1 Å². The highest BCUT2D eigenvalue weighted by Gasteiger charge is 2.26. The third-order valence-corrected chi connectivity index (χ3v) is 3.37. The van der Waals surface area contributed by atoms with Gasteiger partial charge in [-0.05, 0) is 31.6 Å². The maximum Gasteiger partial charge on any atom is 0.225 e. The van der Waals surface area contributed by atoms with E-state index in [-0.39, 0.29) is 5.92 Å². The normalized spacial score (nSPS) is 26.3. The third kappa shape index (κ3) is 3.82. The Morgan fingerprint density at radius 1 is 1.33 bits per heavy atom. The Bertz CT molecular complexity index is 198. The first-order chi connectivity index (χ1) is 7.15. The van der Waals surface area contributed by atoms with Crippen molar-refractivity contribution >= 4 is 5.91 Å². The van der Waals surface area contributed by atoms with Gasteiger partial charge in [-0.1, -0.05) is 6.92 Å². The molecule has 0 unspecified atom stereocenters. The summed E-state index contributed by atoms with van der Waals surface area (Å²) in [4.78, 5) is 13.8. The molecule has 0 bridgehead atoms. The number of nitrogens with zero attached hydrogens (tertiary/aromatic N) is 1. The van der Waals surface area contributed by atoms with Crippen LogP contribution in [0.5, 0.6) is 0 Å². The molecule has 3 heteroatoms. The molecule has 0 radical (unpaired) electrons. The number of methoxy groups -OCH3 is 1. The van der Waals surface area contributed by atoms with Crippen molar-refractivity contribution in [2.75, 3.05) is 27.3 Å². The summed E-state index contributed by atoms with van der Waals surface area (Å²) in [6.45, 7) is 3.61. The van der Waals surface area contributed by atoms with E-state index in [2.05, 4.69) is 6.92 Å². The van der Waals surface area contributed by atoms with Crippen molar-refractivity contribution in [3.8, 4) is 0 Å². The lowest BCUT2D eigenvalue weighted by atomic mass is 9.82. The SMILES string of the molecule is COCCN(C)C(=O)[C@H]1CC[C@H](C)CC1. The van der Waals surface area contributed by atoms with Crippen LogP contribution in [0.25, 0.3) is 0 Å². The number of amides is 1. The quantitative estimate of drug-likeness (QED) is 0.714. The fourth-order valence-electron chi connectivity index (χ4n) is 2.16. The van der Waals surface area contributed by atoms with Gasteiger partial charge in [0, 0.05) is 26.6 Å². The van der Waals surface area contributed by atoms with Crippen molar-refractivity contribution in [2.45, 2.75) is 32.6 Å². The van der Waals surface area contributed by atoms with Crippen molar-refractivity contribution in [3.05, 3.63) is 0 Å². The molecule has 0 spiro atoms. The molecule has 1 saturated carbocycles. The standard InChI is InChI=1S/C12H23NO2/c1-10-4-6-11(7-5-10)12(14)13(2)8-9-15-3/h10-11H,4-9H2,1-3H3/t10-,11-. The summed E-state index contributed by atoms with van der Waals surface area (Å²) in [6, 6.07) is 0. The molecular formula is C12H23NO2. The highest BCUT2D eigenvalue weighted by atomic mass is 16.5. The van der Waals surface area contributed by atoms with Gasteiger partial charge in [0.1, 0.15) is 0 Å². The van der Waals surface area contributed by atoms with Gasteiger partial charge in [-0.2, -0.15) is 0 Å². The first kappa shape index (κ1) is 12.5. The largest absolute Gasteiger partial charge is 0.383 e. The first-order valence-corrected chi connectivity index (χ1v) is 5.89. The molecule has 3 nitrogen and oxygen atoms in total. The summed E-state index contributed by atoms with van der Waals surface area (Å²) in [7, 11) is 3.54. The molecule has 1 fully saturated rings. The molecule has 0 atom stereocenters. The molecule has 0 aromatic rings. The molecular weight excluding hydrogens is 190 g/mol. The van der Waals surface area contributed by atoms with Crippen LogP contribution in [0.2, 0.25) is 0 Å². The van der Waals surface area contributed by atoms with Gasteiger partial charge in [0.15, 0.2) is 0 Å². The number of rotatable bonds is 4. The van der Waals surface area contributed by atoms with Crippen LogP contribution in [-0.2, 0) is 9.53 Å². The van der Waals surface area contributed by atoms with E-state index >= 15 is 0 Å². The Balaban J connectivity index is 2.32. The lowest BCUT2D eigenvalue weighted by molar-refractivity contribution is -0.136. The molecule has 0 aromatic heterocycles. The van der Waals surface area contributed by atoms with E-state index in [0.717, 1.165) is 18.8 Å². The summed E-state index contributed by atoms with van der Waals surface area (Å²) in [5, 5.41) is 0. The highest BCUT2D eigenvalue weighted by Crippen LogP contribution is 2.29. The Hall–Kier alpha value is -0.570. The van der Waals surface area contributed by atoms with Gasteiger partial charge in [0.2, 0.25) is 5.91 Å². The number of likely N-dealkylation sites (N-methyl/N-ethyl adjacent to an activating group) is 1. The second-order valence-corrected chi connectivity index (χ2v) is 4.71. The van der Waals surface area contributed by atoms with Crippen LogP contribution in [0.3, 0.4) is 0 Å². The zero-order valence-electron chi connectivity index (χ0n) is 10.2. The van der Waals surface area contributed by atoms with Crippen LogP contribution in [0, 0.1) is 11.8 Å². The zero-order chi connectivity index (χ0) is 11.3. The van der Waals surface area contributed by atoms with Gasteiger partial charge in [0.25, 0.3) is 0 Å². The van der Waals surface area contributed by atoms with Gasteiger partial charge in [-0.15, -0.1) is 0 Å². The van der Waals surface area contributed by atoms with E-state index in [1.807, 2.05) is 11.9 Å². The lowest BCUT2D eigenvalue weighted by Crippen LogP contribution is -2.36. The number of carbonyl (C=O) groups is 1. The fraction of sp³-hybridized carbons (Fsp3) is 0.917. The summed E-state index contributed by atoms with van der Waals surface area (Å²) in [5.41, 5.74) is 0. The van der Waals surface area contributed by atoms with E-state index in [1.165, 1.54) is 12.8 Å². The fourth-order valence-corrected chi connectivity index (χ4v) is 2.16. The zero-order valence-corrected chi connectivity index (χ0v) is 10.2. The van der Waals surface area contributed by atoms with Crippen LogP contribution in [0.4, 0.5) is 0 Å². The number of hydrogen-bond acceptors (Lipinski definition) is 2. The van der Waals surface area contributed by atoms with Crippen molar-refractivity contribution in [1.29, 1.82) is 0 Å². The van der Waals surface area contributed by atoms with Crippen molar-refractivity contribution < 1.29 is 9.53 Å². The molecule has 1 aliphatic carbocycles. The van der Waals surface area contributed by atoms with E-state index in [4.69, 9.17) is 4.74 Å². The molecule has 0 saturated heterocycles. The smallest absolute Gasteiger partial charge is 0.225 e. The Kier molecular flexibility index (Phi) is 5.09. The van der Waals surface area contributed by atoms with Gasteiger partial charge < -0.3 is 9.64 Å². The maximum absolute atomic E-state index is 12.0. The minimum Gasteiger partial charge on any atom is -0.383 e. The number of carbonyl (C=O) groups excluding carboxylic acids is 1. The number of hydrogen-bond donors (Lipinski definition) is 0. The summed E-state index contributed by atoms with van der Waals surface area (Å²) < 4.78 is 4.97. The monoisotopic (exact) mass is 213 g/mol. The average molecular weight is 213 g/mol. The Morgan fingerprint density at radius 3 is 2.47 bits per heavy atom. The van der Waals surface area contributed by atoms with Crippen LogP contribution >= 0.6 is 0 Å². The van der Waals surface area contributed by atoms with Crippen LogP contribution in [0.15, 0.2) is 0 Å². The molecule has 0 aliphatic heterocycles. The Labute approximate surface area is 92.8 Å². The van der Waals surface area contributed by atoms with Crippen molar-refractivity contribution in [3.63, 3.8) is 0 Å². The van der Waals surface area contributed by atoms with E-state index in [9.17, 15) is 4.79 Å². The van der Waals surface area contributed by atoms with Crippen molar-refractivity contribution in [1.82, 2.24) is 4.90 Å².